The van der Waals surface area contributed by atoms with Gasteiger partial charge in [0.2, 0.25) is 5.91 Å². The lowest BCUT2D eigenvalue weighted by molar-refractivity contribution is -0.135. The van der Waals surface area contributed by atoms with Crippen molar-refractivity contribution in [3.05, 3.63) is 35.4 Å². The van der Waals surface area contributed by atoms with Crippen LogP contribution < -0.4 is 5.32 Å². The van der Waals surface area contributed by atoms with Gasteiger partial charge in [-0.25, -0.2) is 0 Å². The van der Waals surface area contributed by atoms with Gasteiger partial charge >= 0.3 is 0 Å². The van der Waals surface area contributed by atoms with Gasteiger partial charge in [0.25, 0.3) is 0 Å². The van der Waals surface area contributed by atoms with Gasteiger partial charge in [-0.15, -0.1) is 0 Å². The number of carbonyl (C=O) groups is 1. The number of carbonyl (C=O) groups excluding carboxylic acids is 1. The Kier molecular flexibility index (Phi) is 3.56. The number of benzene rings is 1. The molecule has 3 nitrogen and oxygen atoms in total. The third-order valence-electron chi connectivity index (χ3n) is 4.49. The van der Waals surface area contributed by atoms with Gasteiger partial charge < -0.3 is 10.2 Å². The Balaban J connectivity index is 1.72. The molecule has 1 aliphatic carbocycles. The predicted molar refractivity (Wildman–Crippen MR) is 76.2 cm³/mol. The highest BCUT2D eigenvalue weighted by Crippen LogP contribution is 2.36. The average Bonchev–Trinajstić information content (AvgIpc) is 2.42. The summed E-state index contributed by atoms with van der Waals surface area (Å²) in [5.41, 5.74) is 2.59. The van der Waals surface area contributed by atoms with E-state index in [2.05, 4.69) is 35.3 Å². The van der Waals surface area contributed by atoms with Crippen LogP contribution in [-0.4, -0.2) is 36.5 Å². The maximum absolute atomic E-state index is 12.7. The second-order valence-corrected chi connectivity index (χ2v) is 5.58. The minimum Gasteiger partial charge on any atom is -0.338 e. The van der Waals surface area contributed by atoms with Gasteiger partial charge in [-0.1, -0.05) is 24.3 Å². The van der Waals surface area contributed by atoms with E-state index < -0.39 is 0 Å². The minimum absolute atomic E-state index is 0.109. The van der Waals surface area contributed by atoms with Crippen LogP contribution in [0.1, 0.15) is 36.8 Å². The lowest BCUT2D eigenvalue weighted by Crippen LogP contribution is -2.51. The van der Waals surface area contributed by atoms with Crippen LogP contribution in [0.25, 0.3) is 0 Å². The molecule has 0 radical (unpaired) electrons. The van der Waals surface area contributed by atoms with Crippen molar-refractivity contribution in [2.75, 3.05) is 19.6 Å². The van der Waals surface area contributed by atoms with Gasteiger partial charge in [-0.2, -0.15) is 0 Å². The number of nitrogens with one attached hydrogen (secondary N) is 1. The molecule has 102 valence electrons. The molecule has 0 bridgehead atoms. The first-order chi connectivity index (χ1) is 9.31. The minimum atomic E-state index is 0.109. The van der Waals surface area contributed by atoms with E-state index in [0.717, 1.165) is 32.5 Å². The fourth-order valence-electron chi connectivity index (χ4n) is 3.37. The number of piperidine rings is 1. The van der Waals surface area contributed by atoms with Crippen LogP contribution in [0, 0.1) is 0 Å². The van der Waals surface area contributed by atoms with E-state index >= 15 is 0 Å². The molecule has 3 heteroatoms. The summed E-state index contributed by atoms with van der Waals surface area (Å²) >= 11 is 0. The van der Waals surface area contributed by atoms with Crippen molar-refractivity contribution in [3.63, 3.8) is 0 Å². The predicted octanol–water partition coefficient (Wildman–Crippen LogP) is 1.93. The van der Waals surface area contributed by atoms with Gasteiger partial charge in [-0.3, -0.25) is 4.79 Å². The molecule has 3 rings (SSSR count). The fraction of sp³-hybridized carbons (Fsp3) is 0.562. The van der Waals surface area contributed by atoms with Gasteiger partial charge in [0.1, 0.15) is 0 Å². The first-order valence-corrected chi connectivity index (χ1v) is 7.40. The van der Waals surface area contributed by atoms with Crippen LogP contribution in [0.3, 0.4) is 0 Å². The third-order valence-corrected chi connectivity index (χ3v) is 4.49. The van der Waals surface area contributed by atoms with Gasteiger partial charge in [0.05, 0.1) is 5.92 Å². The Hall–Kier alpha value is -1.35. The maximum atomic E-state index is 12.7. The fourth-order valence-corrected chi connectivity index (χ4v) is 3.37. The van der Waals surface area contributed by atoms with Gasteiger partial charge in [0, 0.05) is 19.1 Å². The topological polar surface area (TPSA) is 32.3 Å². The van der Waals surface area contributed by atoms with E-state index in [1.165, 1.54) is 17.5 Å². The molecule has 1 saturated heterocycles. The molecule has 1 N–H and O–H groups in total. The summed E-state index contributed by atoms with van der Waals surface area (Å²) in [6, 6.07) is 8.73. The van der Waals surface area contributed by atoms with E-state index in [4.69, 9.17) is 0 Å². The lowest BCUT2D eigenvalue weighted by atomic mass is 9.76. The normalized spacial score (nSPS) is 25.3. The molecular weight excluding hydrogens is 236 g/mol. The number of likely N-dealkylation sites (N-methyl/N-ethyl adjacent to an activating group) is 1. The molecule has 0 spiro atoms. The van der Waals surface area contributed by atoms with Crippen molar-refractivity contribution in [2.45, 2.75) is 38.1 Å². The molecule has 1 amide bonds. The SMILES string of the molecule is CCN(C(=O)C1Cc2ccccc21)C1CCCNC1. The molecule has 2 aliphatic rings. The summed E-state index contributed by atoms with van der Waals surface area (Å²) in [7, 11) is 0. The second kappa shape index (κ2) is 5.33. The van der Waals surface area contributed by atoms with Crippen LogP contribution in [0.15, 0.2) is 24.3 Å². The number of amides is 1. The molecule has 1 aromatic rings. The molecule has 1 heterocycles. The third kappa shape index (κ3) is 2.27. The van der Waals surface area contributed by atoms with E-state index in [-0.39, 0.29) is 5.92 Å². The number of rotatable bonds is 3. The molecule has 1 aromatic carbocycles. The van der Waals surface area contributed by atoms with Crippen LogP contribution in [-0.2, 0) is 11.2 Å². The first kappa shape index (κ1) is 12.7. The van der Waals surface area contributed by atoms with E-state index in [1.54, 1.807) is 0 Å². The van der Waals surface area contributed by atoms with E-state index in [9.17, 15) is 4.79 Å². The molecule has 19 heavy (non-hydrogen) atoms. The summed E-state index contributed by atoms with van der Waals surface area (Å²) in [4.78, 5) is 14.8. The molecule has 0 aromatic heterocycles. The van der Waals surface area contributed by atoms with Crippen LogP contribution in [0.2, 0.25) is 0 Å². The molecule has 0 saturated carbocycles. The Morgan fingerprint density at radius 2 is 2.26 bits per heavy atom. The molecule has 2 unspecified atom stereocenters. The van der Waals surface area contributed by atoms with Gasteiger partial charge in [0.15, 0.2) is 0 Å². The number of hydrogen-bond donors (Lipinski definition) is 1. The van der Waals surface area contributed by atoms with Crippen LogP contribution >= 0.6 is 0 Å². The molecular formula is C16H22N2O. The summed E-state index contributed by atoms with van der Waals surface area (Å²) < 4.78 is 0. The Labute approximate surface area is 115 Å². The van der Waals surface area contributed by atoms with Crippen LogP contribution in [0.5, 0.6) is 0 Å². The Morgan fingerprint density at radius 3 is 2.95 bits per heavy atom. The summed E-state index contributed by atoms with van der Waals surface area (Å²) in [6.07, 6.45) is 3.24. The summed E-state index contributed by atoms with van der Waals surface area (Å²) in [6.45, 7) is 4.96. The smallest absolute Gasteiger partial charge is 0.230 e. The second-order valence-electron chi connectivity index (χ2n) is 5.58. The van der Waals surface area contributed by atoms with Crippen molar-refractivity contribution in [1.82, 2.24) is 10.2 Å². The highest BCUT2D eigenvalue weighted by atomic mass is 16.2. The largest absolute Gasteiger partial charge is 0.338 e. The monoisotopic (exact) mass is 258 g/mol. The van der Waals surface area contributed by atoms with E-state index in [0.29, 0.717) is 11.9 Å². The van der Waals surface area contributed by atoms with Crippen molar-refractivity contribution >= 4 is 5.91 Å². The molecule has 1 fully saturated rings. The maximum Gasteiger partial charge on any atom is 0.230 e. The summed E-state index contributed by atoms with van der Waals surface area (Å²) in [5.74, 6) is 0.438. The van der Waals surface area contributed by atoms with Crippen molar-refractivity contribution in [1.29, 1.82) is 0 Å². The zero-order chi connectivity index (χ0) is 13.2. The molecule has 1 aliphatic heterocycles. The summed E-state index contributed by atoms with van der Waals surface area (Å²) in [5, 5.41) is 3.40. The standard InChI is InChI=1S/C16H22N2O/c1-2-18(13-7-5-9-17-11-13)16(19)15-10-12-6-3-4-8-14(12)15/h3-4,6,8,13,15,17H,2,5,7,9-11H2,1H3. The van der Waals surface area contributed by atoms with Crippen molar-refractivity contribution < 1.29 is 4.79 Å². The van der Waals surface area contributed by atoms with Crippen LogP contribution in [0.4, 0.5) is 0 Å². The number of nitrogens with zero attached hydrogens (tertiary/aromatic N) is 1. The first-order valence-electron chi connectivity index (χ1n) is 7.40. The van der Waals surface area contributed by atoms with Crippen molar-refractivity contribution in [3.8, 4) is 0 Å². The molecule has 2 atom stereocenters. The average molecular weight is 258 g/mol. The van der Waals surface area contributed by atoms with Crippen molar-refractivity contribution in [2.24, 2.45) is 0 Å². The lowest BCUT2D eigenvalue weighted by Gasteiger charge is -2.39. The van der Waals surface area contributed by atoms with E-state index in [1.807, 2.05) is 6.07 Å². The zero-order valence-electron chi connectivity index (χ0n) is 11.6. The Morgan fingerprint density at radius 1 is 1.42 bits per heavy atom. The Bertz CT molecular complexity index is 466. The highest BCUT2D eigenvalue weighted by molar-refractivity contribution is 5.87. The quantitative estimate of drug-likeness (QED) is 0.898. The number of fused-ring (bicyclic) bond motifs is 1. The number of hydrogen-bond acceptors (Lipinski definition) is 2. The zero-order valence-corrected chi connectivity index (χ0v) is 11.6. The van der Waals surface area contributed by atoms with Gasteiger partial charge in [-0.05, 0) is 43.9 Å². The highest BCUT2D eigenvalue weighted by Gasteiger charge is 2.36.